The largest absolute Gasteiger partial charge is 0.481 e. The van der Waals surface area contributed by atoms with E-state index in [-0.39, 0.29) is 12.0 Å². The van der Waals surface area contributed by atoms with Gasteiger partial charge in [-0.3, -0.25) is 9.48 Å². The molecule has 0 aliphatic heterocycles. The van der Waals surface area contributed by atoms with E-state index in [9.17, 15) is 4.79 Å². The molecule has 20 heavy (non-hydrogen) atoms. The Kier molecular flexibility index (Phi) is 2.54. The zero-order valence-electron chi connectivity index (χ0n) is 12.0. The van der Waals surface area contributed by atoms with Gasteiger partial charge in [-0.15, -0.1) is 0 Å². The van der Waals surface area contributed by atoms with Crippen LogP contribution in [0.1, 0.15) is 49.8 Å². The molecule has 0 unspecified atom stereocenters. The zero-order chi connectivity index (χ0) is 13.9. The van der Waals surface area contributed by atoms with Gasteiger partial charge in [-0.2, -0.15) is 5.10 Å². The fourth-order valence-corrected chi connectivity index (χ4v) is 5.42. The van der Waals surface area contributed by atoms with Crippen molar-refractivity contribution in [2.24, 2.45) is 17.8 Å². The number of aromatic nitrogens is 2. The molecule has 5 rings (SSSR count). The van der Waals surface area contributed by atoms with Gasteiger partial charge in [0.05, 0.1) is 17.7 Å². The molecular formula is C16H22N2O2. The molecule has 1 heterocycles. The first-order valence-electron chi connectivity index (χ1n) is 7.81. The number of hydrogen-bond donors (Lipinski definition) is 1. The number of aliphatic carboxylic acids is 1. The molecule has 4 fully saturated rings. The molecule has 108 valence electrons. The summed E-state index contributed by atoms with van der Waals surface area (Å²) in [5.74, 6) is 1.88. The van der Waals surface area contributed by atoms with Crippen LogP contribution in [0.2, 0.25) is 0 Å². The topological polar surface area (TPSA) is 55.1 Å². The quantitative estimate of drug-likeness (QED) is 0.922. The van der Waals surface area contributed by atoms with Crippen molar-refractivity contribution in [3.63, 3.8) is 0 Å². The van der Waals surface area contributed by atoms with Gasteiger partial charge in [0, 0.05) is 11.8 Å². The number of hydrogen-bond acceptors (Lipinski definition) is 2. The van der Waals surface area contributed by atoms with E-state index in [1.54, 1.807) is 0 Å². The van der Waals surface area contributed by atoms with E-state index < -0.39 is 5.97 Å². The minimum atomic E-state index is -0.766. The Morgan fingerprint density at radius 1 is 1.30 bits per heavy atom. The molecule has 1 aromatic rings. The summed E-state index contributed by atoms with van der Waals surface area (Å²) in [7, 11) is 0. The summed E-state index contributed by atoms with van der Waals surface area (Å²) < 4.78 is 2.16. The van der Waals surface area contributed by atoms with Gasteiger partial charge in [-0.05, 0) is 63.2 Å². The highest BCUT2D eigenvalue weighted by Gasteiger charge is 2.52. The Bertz CT molecular complexity index is 526. The first kappa shape index (κ1) is 12.4. The fraction of sp³-hybridized carbons (Fsp3) is 0.750. The highest BCUT2D eigenvalue weighted by Crippen LogP contribution is 2.58. The van der Waals surface area contributed by atoms with Crippen molar-refractivity contribution in [2.75, 3.05) is 0 Å². The Labute approximate surface area is 119 Å². The second-order valence-electron chi connectivity index (χ2n) is 7.40. The van der Waals surface area contributed by atoms with Crippen molar-refractivity contribution in [3.05, 3.63) is 17.5 Å². The van der Waals surface area contributed by atoms with Crippen LogP contribution in [0, 0.1) is 24.7 Å². The van der Waals surface area contributed by atoms with E-state index in [0.717, 1.165) is 29.0 Å². The highest BCUT2D eigenvalue weighted by molar-refractivity contribution is 5.70. The van der Waals surface area contributed by atoms with Gasteiger partial charge in [-0.25, -0.2) is 0 Å². The van der Waals surface area contributed by atoms with Gasteiger partial charge in [0.2, 0.25) is 0 Å². The third-order valence-electron chi connectivity index (χ3n) is 5.83. The molecule has 0 aromatic carbocycles. The predicted molar refractivity (Wildman–Crippen MR) is 74.4 cm³/mol. The summed E-state index contributed by atoms with van der Waals surface area (Å²) in [5.41, 5.74) is 1.98. The SMILES string of the molecule is Cc1nn(C23CC4CC(CC(C4)C2)C3)cc1CC(=O)O. The van der Waals surface area contributed by atoms with Gasteiger partial charge in [0.15, 0.2) is 0 Å². The molecule has 4 aliphatic rings. The van der Waals surface area contributed by atoms with Crippen molar-refractivity contribution in [1.29, 1.82) is 0 Å². The standard InChI is InChI=1S/C16H22N2O2/c1-10-14(5-15(19)20)9-18(17-10)16-6-11-2-12(7-16)4-13(3-11)8-16/h9,11-13H,2-8H2,1H3,(H,19,20). The third kappa shape index (κ3) is 1.80. The lowest BCUT2D eigenvalue weighted by Crippen LogP contribution is -2.52. The van der Waals surface area contributed by atoms with E-state index in [1.807, 2.05) is 13.1 Å². The van der Waals surface area contributed by atoms with Crippen molar-refractivity contribution < 1.29 is 9.90 Å². The first-order chi connectivity index (χ1) is 9.54. The van der Waals surface area contributed by atoms with E-state index in [1.165, 1.54) is 38.5 Å². The molecular weight excluding hydrogens is 252 g/mol. The van der Waals surface area contributed by atoms with Crippen LogP contribution < -0.4 is 0 Å². The summed E-state index contributed by atoms with van der Waals surface area (Å²) in [5, 5.41) is 13.7. The summed E-state index contributed by atoms with van der Waals surface area (Å²) >= 11 is 0. The number of aryl methyl sites for hydroxylation is 1. The Morgan fingerprint density at radius 2 is 1.85 bits per heavy atom. The maximum absolute atomic E-state index is 10.9. The van der Waals surface area contributed by atoms with E-state index in [0.29, 0.717) is 0 Å². The van der Waals surface area contributed by atoms with Crippen molar-refractivity contribution in [2.45, 2.75) is 57.4 Å². The molecule has 4 saturated carbocycles. The minimum Gasteiger partial charge on any atom is -0.481 e. The smallest absolute Gasteiger partial charge is 0.307 e. The van der Waals surface area contributed by atoms with Gasteiger partial charge < -0.3 is 5.11 Å². The lowest BCUT2D eigenvalue weighted by Gasteiger charge is -2.56. The normalized spacial score (nSPS) is 38.4. The molecule has 0 radical (unpaired) electrons. The zero-order valence-corrected chi connectivity index (χ0v) is 12.0. The summed E-state index contributed by atoms with van der Waals surface area (Å²) in [6, 6.07) is 0. The Morgan fingerprint density at radius 3 is 2.35 bits per heavy atom. The molecule has 4 nitrogen and oxygen atoms in total. The van der Waals surface area contributed by atoms with Crippen LogP contribution in [-0.2, 0) is 16.8 Å². The number of rotatable bonds is 3. The molecule has 4 heteroatoms. The number of carboxylic acids is 1. The monoisotopic (exact) mass is 274 g/mol. The van der Waals surface area contributed by atoms with E-state index in [2.05, 4.69) is 4.68 Å². The van der Waals surface area contributed by atoms with Crippen LogP contribution in [0.25, 0.3) is 0 Å². The lowest BCUT2D eigenvalue weighted by molar-refractivity contribution is -0.136. The molecule has 0 amide bonds. The maximum atomic E-state index is 10.9. The second-order valence-corrected chi connectivity index (χ2v) is 7.40. The second kappa shape index (κ2) is 4.09. The number of nitrogens with zero attached hydrogens (tertiary/aromatic N) is 2. The Balaban J connectivity index is 1.68. The number of carbonyl (C=O) groups is 1. The van der Waals surface area contributed by atoms with Crippen LogP contribution in [-0.4, -0.2) is 20.9 Å². The average Bonchev–Trinajstić information content (AvgIpc) is 2.69. The summed E-state index contributed by atoms with van der Waals surface area (Å²) in [6.07, 6.45) is 10.1. The molecule has 1 N–H and O–H groups in total. The first-order valence-corrected chi connectivity index (χ1v) is 7.81. The average molecular weight is 274 g/mol. The van der Waals surface area contributed by atoms with Gasteiger partial charge >= 0.3 is 5.97 Å². The van der Waals surface area contributed by atoms with Crippen molar-refractivity contribution in [3.8, 4) is 0 Å². The van der Waals surface area contributed by atoms with Crippen molar-refractivity contribution >= 4 is 5.97 Å². The minimum absolute atomic E-state index is 0.0954. The van der Waals surface area contributed by atoms with Crippen LogP contribution >= 0.6 is 0 Å². The predicted octanol–water partition coefficient (Wildman–Crippen LogP) is 2.74. The molecule has 4 bridgehead atoms. The molecule has 0 spiro atoms. The van der Waals surface area contributed by atoms with Crippen molar-refractivity contribution in [1.82, 2.24) is 9.78 Å². The van der Waals surface area contributed by atoms with Crippen LogP contribution in [0.15, 0.2) is 6.20 Å². The van der Waals surface area contributed by atoms with Crippen LogP contribution in [0.4, 0.5) is 0 Å². The molecule has 0 atom stereocenters. The number of carboxylic acid groups (broad SMARTS) is 1. The molecule has 4 aliphatic carbocycles. The van der Waals surface area contributed by atoms with Gasteiger partial charge in [0.1, 0.15) is 0 Å². The summed E-state index contributed by atoms with van der Waals surface area (Å²) in [6.45, 7) is 1.94. The van der Waals surface area contributed by atoms with E-state index in [4.69, 9.17) is 10.2 Å². The fourth-order valence-electron chi connectivity index (χ4n) is 5.42. The Hall–Kier alpha value is -1.32. The third-order valence-corrected chi connectivity index (χ3v) is 5.83. The molecule has 0 saturated heterocycles. The highest BCUT2D eigenvalue weighted by atomic mass is 16.4. The maximum Gasteiger partial charge on any atom is 0.307 e. The van der Waals surface area contributed by atoms with E-state index >= 15 is 0 Å². The molecule has 1 aromatic heterocycles. The van der Waals surface area contributed by atoms with Gasteiger partial charge in [-0.1, -0.05) is 0 Å². The van der Waals surface area contributed by atoms with Crippen LogP contribution in [0.5, 0.6) is 0 Å². The summed E-state index contributed by atoms with van der Waals surface area (Å²) in [4.78, 5) is 10.9. The van der Waals surface area contributed by atoms with Gasteiger partial charge in [0.25, 0.3) is 0 Å². The lowest BCUT2D eigenvalue weighted by atomic mass is 9.53. The van der Waals surface area contributed by atoms with Crippen LogP contribution in [0.3, 0.4) is 0 Å².